The Balaban J connectivity index is 2.10. The zero-order chi connectivity index (χ0) is 16.5. The second-order valence-corrected chi connectivity index (χ2v) is 5.75. The Labute approximate surface area is 128 Å². The molecule has 1 fully saturated rings. The fraction of sp³-hybridized carbons (Fsp3) is 0.600. The fourth-order valence-corrected chi connectivity index (χ4v) is 2.67. The number of urea groups is 1. The van der Waals surface area contributed by atoms with Gasteiger partial charge < -0.3 is 15.0 Å². The molecule has 0 bridgehead atoms. The summed E-state index contributed by atoms with van der Waals surface area (Å²) < 4.78 is 31.8. The van der Waals surface area contributed by atoms with Crippen molar-refractivity contribution in [1.82, 2.24) is 15.2 Å². The van der Waals surface area contributed by atoms with Crippen LogP contribution in [0.2, 0.25) is 0 Å². The number of ether oxygens (including phenoxy) is 1. The summed E-state index contributed by atoms with van der Waals surface area (Å²) in [4.78, 5) is 17.8. The van der Waals surface area contributed by atoms with E-state index in [-0.39, 0.29) is 12.6 Å². The molecule has 22 heavy (non-hydrogen) atoms. The number of amides is 2. The molecule has 0 unspecified atom stereocenters. The standard InChI is InChI=1S/C15H21F2N3O2/c1-9-5-18-6-10(2)13(9)11(3)20(4)14(21)19-12-7-22-8-15(12,16)17/h5-6,11-12H,7-8H2,1-4H3,(H,19,21)/t11-,12-/m1/s1. The lowest BCUT2D eigenvalue weighted by atomic mass is 9.99. The van der Waals surface area contributed by atoms with Crippen LogP contribution in [0.25, 0.3) is 0 Å². The normalized spacial score (nSPS) is 21.5. The lowest BCUT2D eigenvalue weighted by Crippen LogP contribution is -2.51. The molecule has 7 heteroatoms. The summed E-state index contributed by atoms with van der Waals surface area (Å²) in [7, 11) is 1.59. The van der Waals surface area contributed by atoms with Gasteiger partial charge in [-0.3, -0.25) is 4.98 Å². The number of nitrogens with zero attached hydrogens (tertiary/aromatic N) is 2. The molecule has 0 spiro atoms. The minimum Gasteiger partial charge on any atom is -0.373 e. The van der Waals surface area contributed by atoms with Crippen LogP contribution in [-0.4, -0.2) is 48.1 Å². The highest BCUT2D eigenvalue weighted by molar-refractivity contribution is 5.75. The molecule has 5 nitrogen and oxygen atoms in total. The van der Waals surface area contributed by atoms with Gasteiger partial charge in [-0.2, -0.15) is 0 Å². The summed E-state index contributed by atoms with van der Waals surface area (Å²) in [6.45, 7) is 4.86. The van der Waals surface area contributed by atoms with E-state index in [1.165, 1.54) is 4.90 Å². The maximum absolute atomic E-state index is 13.5. The topological polar surface area (TPSA) is 54.5 Å². The van der Waals surface area contributed by atoms with Gasteiger partial charge >= 0.3 is 6.03 Å². The van der Waals surface area contributed by atoms with Crippen molar-refractivity contribution in [3.8, 4) is 0 Å². The van der Waals surface area contributed by atoms with Crippen LogP contribution in [0.5, 0.6) is 0 Å². The van der Waals surface area contributed by atoms with Crippen molar-refractivity contribution in [2.75, 3.05) is 20.3 Å². The van der Waals surface area contributed by atoms with Crippen LogP contribution in [0.15, 0.2) is 12.4 Å². The SMILES string of the molecule is Cc1cncc(C)c1[C@@H](C)N(C)C(=O)N[C@@H]1COCC1(F)F. The van der Waals surface area contributed by atoms with E-state index in [4.69, 9.17) is 4.74 Å². The van der Waals surface area contributed by atoms with Crippen molar-refractivity contribution in [1.29, 1.82) is 0 Å². The molecule has 2 heterocycles. The van der Waals surface area contributed by atoms with Gasteiger partial charge in [0.25, 0.3) is 5.92 Å². The van der Waals surface area contributed by atoms with Crippen LogP contribution in [0.1, 0.15) is 29.7 Å². The lowest BCUT2D eigenvalue weighted by molar-refractivity contribution is -0.0223. The summed E-state index contributed by atoms with van der Waals surface area (Å²) in [5.74, 6) is -3.03. The van der Waals surface area contributed by atoms with Gasteiger partial charge in [-0.15, -0.1) is 0 Å². The average Bonchev–Trinajstić information content (AvgIpc) is 2.76. The van der Waals surface area contributed by atoms with Crippen molar-refractivity contribution >= 4 is 6.03 Å². The van der Waals surface area contributed by atoms with Gasteiger partial charge in [0.2, 0.25) is 0 Å². The molecule has 0 aromatic carbocycles. The van der Waals surface area contributed by atoms with E-state index in [9.17, 15) is 13.6 Å². The van der Waals surface area contributed by atoms with Crippen LogP contribution in [0.4, 0.5) is 13.6 Å². The zero-order valence-corrected chi connectivity index (χ0v) is 13.2. The number of hydrogen-bond donors (Lipinski definition) is 1. The lowest BCUT2D eigenvalue weighted by Gasteiger charge is -2.29. The van der Waals surface area contributed by atoms with Gasteiger partial charge in [-0.1, -0.05) is 0 Å². The first-order valence-corrected chi connectivity index (χ1v) is 7.14. The Morgan fingerprint density at radius 2 is 2.05 bits per heavy atom. The maximum Gasteiger partial charge on any atom is 0.318 e. The van der Waals surface area contributed by atoms with Gasteiger partial charge in [0.15, 0.2) is 0 Å². The third kappa shape index (κ3) is 3.19. The van der Waals surface area contributed by atoms with Crippen LogP contribution < -0.4 is 5.32 Å². The molecule has 0 radical (unpaired) electrons. The number of carbonyl (C=O) groups is 1. The molecule has 1 aromatic heterocycles. The summed E-state index contributed by atoms with van der Waals surface area (Å²) in [5, 5.41) is 2.35. The van der Waals surface area contributed by atoms with Gasteiger partial charge in [0.1, 0.15) is 12.6 Å². The average molecular weight is 313 g/mol. The number of rotatable bonds is 3. The molecule has 2 amide bonds. The minimum absolute atomic E-state index is 0.172. The van der Waals surface area contributed by atoms with E-state index < -0.39 is 24.6 Å². The van der Waals surface area contributed by atoms with E-state index in [0.717, 1.165) is 16.7 Å². The minimum atomic E-state index is -3.03. The number of aromatic nitrogens is 1. The first-order chi connectivity index (χ1) is 10.2. The first-order valence-electron chi connectivity index (χ1n) is 7.14. The second-order valence-electron chi connectivity index (χ2n) is 5.75. The number of hydrogen-bond acceptors (Lipinski definition) is 3. The fourth-order valence-electron chi connectivity index (χ4n) is 2.67. The molecular formula is C15H21F2N3O2. The van der Waals surface area contributed by atoms with Crippen LogP contribution in [0, 0.1) is 13.8 Å². The Bertz CT molecular complexity index is 545. The van der Waals surface area contributed by atoms with E-state index in [0.29, 0.717) is 0 Å². The van der Waals surface area contributed by atoms with Gasteiger partial charge in [0.05, 0.1) is 12.6 Å². The quantitative estimate of drug-likeness (QED) is 0.932. The predicted octanol–water partition coefficient (Wildman–Crippen LogP) is 2.43. The Hall–Kier alpha value is -1.76. The van der Waals surface area contributed by atoms with Crippen LogP contribution in [-0.2, 0) is 4.74 Å². The van der Waals surface area contributed by atoms with Gasteiger partial charge in [-0.25, -0.2) is 13.6 Å². The van der Waals surface area contributed by atoms with Crippen molar-refractivity contribution in [2.45, 2.75) is 38.8 Å². The number of nitrogens with one attached hydrogen (secondary N) is 1. The monoisotopic (exact) mass is 313 g/mol. The third-order valence-corrected chi connectivity index (χ3v) is 4.09. The number of alkyl halides is 2. The molecule has 1 saturated heterocycles. The molecule has 2 rings (SSSR count). The zero-order valence-electron chi connectivity index (χ0n) is 13.2. The second kappa shape index (κ2) is 6.16. The first kappa shape index (κ1) is 16.6. The highest BCUT2D eigenvalue weighted by atomic mass is 19.3. The number of aryl methyl sites for hydroxylation is 2. The van der Waals surface area contributed by atoms with Crippen molar-refractivity contribution < 1.29 is 18.3 Å². The molecule has 1 aliphatic rings. The Kier molecular flexibility index (Phi) is 4.65. The van der Waals surface area contributed by atoms with Crippen LogP contribution >= 0.6 is 0 Å². The molecular weight excluding hydrogens is 292 g/mol. The molecule has 1 aliphatic heterocycles. The van der Waals surface area contributed by atoms with E-state index in [1.54, 1.807) is 19.4 Å². The van der Waals surface area contributed by atoms with E-state index >= 15 is 0 Å². The summed E-state index contributed by atoms with van der Waals surface area (Å²) in [6.07, 6.45) is 3.45. The van der Waals surface area contributed by atoms with Crippen LogP contribution in [0.3, 0.4) is 0 Å². The van der Waals surface area contributed by atoms with Crippen molar-refractivity contribution in [3.63, 3.8) is 0 Å². The highest BCUT2D eigenvalue weighted by Crippen LogP contribution is 2.27. The molecule has 0 aliphatic carbocycles. The largest absolute Gasteiger partial charge is 0.373 e. The molecule has 1 N–H and O–H groups in total. The number of pyridine rings is 1. The highest BCUT2D eigenvalue weighted by Gasteiger charge is 2.46. The molecule has 1 aromatic rings. The Morgan fingerprint density at radius 1 is 1.45 bits per heavy atom. The summed E-state index contributed by atoms with van der Waals surface area (Å²) >= 11 is 0. The molecule has 0 saturated carbocycles. The third-order valence-electron chi connectivity index (χ3n) is 4.09. The number of halogens is 2. The van der Waals surface area contributed by atoms with Crippen molar-refractivity contribution in [2.24, 2.45) is 0 Å². The summed E-state index contributed by atoms with van der Waals surface area (Å²) in [6, 6.07) is -2.08. The van der Waals surface area contributed by atoms with Gasteiger partial charge in [0, 0.05) is 19.4 Å². The van der Waals surface area contributed by atoms with E-state index in [1.807, 2.05) is 20.8 Å². The molecule has 122 valence electrons. The summed E-state index contributed by atoms with van der Waals surface area (Å²) in [5.41, 5.74) is 2.89. The molecule has 2 atom stereocenters. The van der Waals surface area contributed by atoms with Gasteiger partial charge in [-0.05, 0) is 37.5 Å². The Morgan fingerprint density at radius 3 is 2.55 bits per heavy atom. The maximum atomic E-state index is 13.5. The predicted molar refractivity (Wildman–Crippen MR) is 78.0 cm³/mol. The van der Waals surface area contributed by atoms with E-state index in [2.05, 4.69) is 10.3 Å². The smallest absolute Gasteiger partial charge is 0.318 e. The van der Waals surface area contributed by atoms with Crippen molar-refractivity contribution in [3.05, 3.63) is 29.1 Å². The number of carbonyl (C=O) groups excluding carboxylic acids is 1.